The van der Waals surface area contributed by atoms with Crippen LogP contribution in [0.4, 0.5) is 30.7 Å². The number of phenols is 3. The lowest BCUT2D eigenvalue weighted by molar-refractivity contribution is -0.137. The summed E-state index contributed by atoms with van der Waals surface area (Å²) < 4.78 is 110. The predicted molar refractivity (Wildman–Crippen MR) is 398 cm³/mol. The second kappa shape index (κ2) is 32.2. The lowest BCUT2D eigenvalue weighted by atomic mass is 10.00. The number of rotatable bonds is 23. The van der Waals surface area contributed by atoms with Gasteiger partial charge in [0.25, 0.3) is 0 Å². The fourth-order valence-corrected chi connectivity index (χ4v) is 16.2. The standard InChI is InChI=1S/C28H24F3NO3S.C28H25F2NO3S.C27H23F2NO3S/c1-17-15-32(16-17)13-12-18-2-9-22(10-3-18)35-26-23-11-8-21(33)14-24(23)36-27(26)25(34)19-4-6-20(7-5-19)28(29,30)31;1-17-4-2-3-5-22(17)25(33)27-26(23-11-8-20(32)14-24(23)35-27)34-21-9-6-18(7-10-21)12-13-31-15-19(16-31)28(29)30;28-27(29)19-15-30(16-19)13-12-17-6-9-21(10-7-17)33-25-22-11-8-20(31)14-23(22)34-26(25)24(32)18-4-2-1-3-5-18/h2-11,14,17,33H,12-13,15-16H2,1H3;2-11,14,19,28,32H,12-13,15-16H2,1H3;1-11,14,19,27,31H,12-13,15-16H2. The smallest absolute Gasteiger partial charge is 0.416 e. The van der Waals surface area contributed by atoms with Gasteiger partial charge in [0.15, 0.2) is 17.2 Å². The number of nitrogens with zero attached hydrogens (tertiary/aromatic N) is 3. The molecule has 0 aliphatic carbocycles. The molecule has 3 saturated heterocycles. The summed E-state index contributed by atoms with van der Waals surface area (Å²) in [6.45, 7) is 10.7. The van der Waals surface area contributed by atoms with Crippen molar-refractivity contribution in [1.29, 1.82) is 0 Å². The monoisotopic (exact) mass is 1480 g/mol. The van der Waals surface area contributed by atoms with Crippen molar-refractivity contribution >= 4 is 81.6 Å². The molecule has 0 radical (unpaired) electrons. The molecule has 6 heterocycles. The van der Waals surface area contributed by atoms with Gasteiger partial charge in [0.05, 0.1) is 5.56 Å². The first kappa shape index (κ1) is 73.4. The molecular weight excluding hydrogens is 1410 g/mol. The molecule has 540 valence electrons. The highest BCUT2D eigenvalue weighted by molar-refractivity contribution is 7.22. The SMILES string of the molecule is CC1CN(CCc2ccc(Oc3c(C(=O)c4ccc(C(F)(F)F)cc4)sc4cc(O)ccc34)cc2)C1.Cc1ccccc1C(=O)c1sc2cc(O)ccc2c1Oc1ccc(CCN2CC(C(F)F)C2)cc1.O=C(c1ccccc1)c1sc2cc(O)ccc2c1Oc1ccc(CCN2CC(C(F)F)C2)cc1. The van der Waals surface area contributed by atoms with Gasteiger partial charge in [-0.1, -0.05) is 110 Å². The summed E-state index contributed by atoms with van der Waals surface area (Å²) in [6, 6.07) is 58.2. The van der Waals surface area contributed by atoms with E-state index in [2.05, 4.69) is 11.8 Å². The fourth-order valence-electron chi connectivity index (χ4n) is 12.9. The number of alkyl halides is 7. The molecule has 12 nitrogen and oxygen atoms in total. The molecule has 0 atom stereocenters. The fraction of sp³-hybridized carbons (Fsp3) is 0.241. The van der Waals surface area contributed by atoms with Crippen molar-refractivity contribution in [2.45, 2.75) is 52.1 Å². The Kier molecular flexibility index (Phi) is 22.5. The van der Waals surface area contributed by atoms with Gasteiger partial charge in [-0.25, -0.2) is 17.6 Å². The Morgan fingerprint density at radius 1 is 0.438 bits per heavy atom. The van der Waals surface area contributed by atoms with Crippen LogP contribution in [-0.4, -0.2) is 119 Å². The molecular formula is C83H72F7N3O9S3. The first-order valence-electron chi connectivity index (χ1n) is 34.3. The van der Waals surface area contributed by atoms with Gasteiger partial charge in [0.1, 0.15) is 49.1 Å². The molecule has 0 amide bonds. The summed E-state index contributed by atoms with van der Waals surface area (Å²) in [5.41, 5.74) is 4.74. The van der Waals surface area contributed by atoms with Crippen LogP contribution in [0.15, 0.2) is 206 Å². The van der Waals surface area contributed by atoms with Gasteiger partial charge in [-0.05, 0) is 157 Å². The van der Waals surface area contributed by atoms with Gasteiger partial charge in [0.2, 0.25) is 30.2 Å². The van der Waals surface area contributed by atoms with Gasteiger partial charge < -0.3 is 44.2 Å². The van der Waals surface area contributed by atoms with E-state index in [1.54, 1.807) is 60.7 Å². The van der Waals surface area contributed by atoms with Gasteiger partial charge >= 0.3 is 6.18 Å². The van der Waals surface area contributed by atoms with Crippen LogP contribution in [0.2, 0.25) is 0 Å². The van der Waals surface area contributed by atoms with Crippen molar-refractivity contribution in [3.63, 3.8) is 0 Å². The van der Waals surface area contributed by atoms with E-state index in [-0.39, 0.29) is 39.3 Å². The Labute approximate surface area is 613 Å². The maximum absolute atomic E-state index is 13.5. The van der Waals surface area contributed by atoms with Crippen LogP contribution in [0.25, 0.3) is 30.3 Å². The Morgan fingerprint density at radius 2 is 0.781 bits per heavy atom. The minimum Gasteiger partial charge on any atom is -0.508 e. The number of hydrogen-bond donors (Lipinski definition) is 3. The molecule has 22 heteroatoms. The number of halogens is 7. The molecule has 3 aliphatic heterocycles. The number of fused-ring (bicyclic) bond motifs is 3. The highest BCUT2D eigenvalue weighted by atomic mass is 32.1. The van der Waals surface area contributed by atoms with E-state index in [9.17, 15) is 60.4 Å². The molecule has 0 saturated carbocycles. The molecule has 0 unspecified atom stereocenters. The van der Waals surface area contributed by atoms with Crippen molar-refractivity contribution in [2.75, 3.05) is 58.9 Å². The molecule has 0 spiro atoms. The number of hydrogen-bond acceptors (Lipinski definition) is 15. The highest BCUT2D eigenvalue weighted by Crippen LogP contribution is 2.47. The van der Waals surface area contributed by atoms with Crippen molar-refractivity contribution in [3.05, 3.63) is 265 Å². The van der Waals surface area contributed by atoms with E-state index >= 15 is 0 Å². The number of phenolic OH excluding ortho intramolecular Hbond substituents is 3. The average Bonchev–Trinajstić information content (AvgIpc) is 1.64. The lowest BCUT2D eigenvalue weighted by Crippen LogP contribution is -2.50. The molecule has 3 fully saturated rings. The van der Waals surface area contributed by atoms with Crippen LogP contribution in [0, 0.1) is 24.7 Å². The molecule has 3 aliphatic rings. The van der Waals surface area contributed by atoms with Gasteiger partial charge in [0, 0.05) is 118 Å². The topological polar surface area (TPSA) is 149 Å². The molecule has 9 aromatic carbocycles. The maximum Gasteiger partial charge on any atom is 0.416 e. The third-order valence-corrected chi connectivity index (χ3v) is 22.2. The first-order valence-corrected chi connectivity index (χ1v) is 36.7. The Hall–Kier alpha value is -9.94. The molecule has 3 aromatic heterocycles. The number of likely N-dealkylation sites (tertiary alicyclic amines) is 3. The maximum atomic E-state index is 13.5. The summed E-state index contributed by atoms with van der Waals surface area (Å²) in [5.74, 6) is 2.40. The highest BCUT2D eigenvalue weighted by Gasteiger charge is 2.36. The number of ketones is 3. The van der Waals surface area contributed by atoms with Crippen molar-refractivity contribution in [1.82, 2.24) is 14.7 Å². The minimum atomic E-state index is -4.48. The number of aromatic hydroxyl groups is 3. The van der Waals surface area contributed by atoms with Crippen LogP contribution in [0.5, 0.6) is 51.7 Å². The Morgan fingerprint density at radius 3 is 1.13 bits per heavy atom. The van der Waals surface area contributed by atoms with Gasteiger partial charge in [-0.15, -0.1) is 34.0 Å². The molecule has 105 heavy (non-hydrogen) atoms. The number of aryl methyl sites for hydroxylation is 1. The van der Waals surface area contributed by atoms with Gasteiger partial charge in [-0.3, -0.25) is 14.4 Å². The van der Waals surface area contributed by atoms with E-state index in [1.807, 2.05) is 126 Å². The summed E-state index contributed by atoms with van der Waals surface area (Å²) in [4.78, 5) is 47.7. The average molecular weight is 1480 g/mol. The van der Waals surface area contributed by atoms with Crippen molar-refractivity contribution in [3.8, 4) is 51.7 Å². The molecule has 12 aromatic rings. The number of ether oxygens (including phenoxy) is 3. The Balaban J connectivity index is 0.000000140. The number of thiophene rings is 3. The first-order chi connectivity index (χ1) is 50.5. The minimum absolute atomic E-state index is 0.0461. The zero-order valence-corrected chi connectivity index (χ0v) is 59.5. The number of benzene rings is 9. The van der Waals surface area contributed by atoms with Crippen LogP contribution < -0.4 is 14.2 Å². The second-order valence-electron chi connectivity index (χ2n) is 26.6. The van der Waals surface area contributed by atoms with E-state index in [1.165, 1.54) is 52.5 Å². The van der Waals surface area contributed by atoms with Crippen LogP contribution in [0.3, 0.4) is 0 Å². The zero-order chi connectivity index (χ0) is 73.6. The third-order valence-electron chi connectivity index (χ3n) is 18.8. The summed E-state index contributed by atoms with van der Waals surface area (Å²) >= 11 is 3.72. The third kappa shape index (κ3) is 17.6. The zero-order valence-electron chi connectivity index (χ0n) is 57.0. The van der Waals surface area contributed by atoms with E-state index in [0.717, 1.165) is 118 Å². The molecule has 0 bridgehead atoms. The van der Waals surface area contributed by atoms with Crippen LogP contribution >= 0.6 is 34.0 Å². The van der Waals surface area contributed by atoms with Crippen molar-refractivity contribution < 1.29 is 74.6 Å². The van der Waals surface area contributed by atoms with Gasteiger partial charge in [-0.2, -0.15) is 13.2 Å². The summed E-state index contributed by atoms with van der Waals surface area (Å²) in [6.07, 6.45) is -6.47. The van der Waals surface area contributed by atoms with Crippen LogP contribution in [-0.2, 0) is 25.4 Å². The largest absolute Gasteiger partial charge is 0.508 e. The summed E-state index contributed by atoms with van der Waals surface area (Å²) in [7, 11) is 0. The number of carbonyl (C=O) groups is 3. The Bertz CT molecular complexity index is 5050. The van der Waals surface area contributed by atoms with E-state index < -0.39 is 42.2 Å². The molecule has 3 N–H and O–H groups in total. The summed E-state index contributed by atoms with van der Waals surface area (Å²) in [5, 5.41) is 31.9. The normalized spacial score (nSPS) is 14.5. The molecule has 15 rings (SSSR count). The second-order valence-corrected chi connectivity index (χ2v) is 29.8. The predicted octanol–water partition coefficient (Wildman–Crippen LogP) is 20.2. The van der Waals surface area contributed by atoms with Crippen molar-refractivity contribution in [2.24, 2.45) is 17.8 Å². The van der Waals surface area contributed by atoms with E-state index in [0.29, 0.717) is 91.6 Å². The number of carbonyl (C=O) groups excluding carboxylic acids is 3. The van der Waals surface area contributed by atoms with Crippen LogP contribution in [0.1, 0.15) is 80.4 Å². The lowest BCUT2D eigenvalue weighted by Gasteiger charge is -2.38. The quantitative estimate of drug-likeness (QED) is 0.0413. The van der Waals surface area contributed by atoms with E-state index in [4.69, 9.17) is 14.2 Å².